The molecule has 6 aromatic rings. The SMILES string of the molecule is CNCc1ccc2cc3ccc(CNC)cc3[n+](CCCCCC(=O)NCCCOCCOCCOCCCNC(=O)CCCC(=O)CCCCOCCOCCOCCCNC(=O)CCCC(=O)NCCCOCCOCCOCCCNC(=O)CCCCC[n+]3c4cc(N(C)C)ccc4cc4ccc(N(C)C)cc43)c2c1. The number of carbonyl (C=O) groups is 6. The number of ether oxygens (including phenoxy) is 9. The van der Waals surface area contributed by atoms with Crippen LogP contribution in [-0.2, 0) is 97.6 Å². The molecule has 0 radical (unpaired) electrons. The van der Waals surface area contributed by atoms with Gasteiger partial charge in [-0.1, -0.05) is 12.1 Å². The summed E-state index contributed by atoms with van der Waals surface area (Å²) in [6.45, 7) is 14.6. The van der Waals surface area contributed by atoms with Crippen LogP contribution in [0.4, 0.5) is 11.4 Å². The standard InChI is InChI=1S/C87H135N11O15/c1-88-68-70-29-31-72-64-73-32-30-71(69-89-2)63-80(73)97(79(72)62-70)42-12-7-9-24-83(100)90-37-17-45-106-52-58-112-60-54-108-47-19-39-92-85(102)26-15-23-78(99)22-11-14-44-105-50-56-111-57-51-109-48-20-40-93-86(103)27-16-28-87(104)94-41-21-49-110-55-61-113-59-53-107-46-18-38-91-84(101)25-10-8-13-43-98-81-66-76(95(3)4)35-33-74(81)65-75-34-36-77(96(5)6)67-82(75)98/h29-36,62-67,88-89H,7-28,37-61,68-69H2,1-6H3,(H3-2,90,91,92,93,94,100,101,102,103,104)/p+2. The summed E-state index contributed by atoms with van der Waals surface area (Å²) in [5.74, 6) is 0.0654. The van der Waals surface area contributed by atoms with Crippen LogP contribution in [0, 0.1) is 0 Å². The number of benzene rings is 4. The van der Waals surface area contributed by atoms with Crippen LogP contribution >= 0.6 is 0 Å². The van der Waals surface area contributed by atoms with Crippen molar-refractivity contribution in [1.29, 1.82) is 0 Å². The Morgan fingerprint density at radius 3 is 0.867 bits per heavy atom. The van der Waals surface area contributed by atoms with Crippen LogP contribution in [0.2, 0.25) is 0 Å². The largest absolute Gasteiger partial charge is 0.379 e. The van der Waals surface area contributed by atoms with E-state index in [-0.39, 0.29) is 48.2 Å². The maximum absolute atomic E-state index is 12.6. The Balaban J connectivity index is 0.589. The van der Waals surface area contributed by atoms with Crippen LogP contribution in [0.25, 0.3) is 43.6 Å². The predicted octanol–water partition coefficient (Wildman–Crippen LogP) is 9.03. The molecule has 7 N–H and O–H groups in total. The minimum atomic E-state index is -0.0917. The van der Waals surface area contributed by atoms with Gasteiger partial charge in [0.2, 0.25) is 51.6 Å². The highest BCUT2D eigenvalue weighted by Gasteiger charge is 2.20. The number of pyridine rings is 2. The fourth-order valence-electron chi connectivity index (χ4n) is 13.0. The molecule has 4 aromatic carbocycles. The summed E-state index contributed by atoms with van der Waals surface area (Å²) in [5, 5.41) is 26.2. The first-order valence-corrected chi connectivity index (χ1v) is 41.7. The van der Waals surface area contributed by atoms with Crippen molar-refractivity contribution in [2.75, 3.05) is 204 Å². The molecule has 2 aromatic heterocycles. The van der Waals surface area contributed by atoms with Crippen molar-refractivity contribution in [1.82, 2.24) is 37.2 Å². The van der Waals surface area contributed by atoms with Crippen molar-refractivity contribution in [2.45, 2.75) is 167 Å². The number of nitrogens with one attached hydrogen (secondary N) is 7. The molecular formula is C87H137N11O15+2. The number of Topliss-reactive ketones (excluding diaryl/α,β-unsaturated/α-hetero) is 1. The third-order valence-electron chi connectivity index (χ3n) is 19.2. The fraction of sp³-hybridized carbons (Fsp3) is 0.632. The van der Waals surface area contributed by atoms with Crippen LogP contribution in [0.5, 0.6) is 0 Å². The molecule has 0 spiro atoms. The lowest BCUT2D eigenvalue weighted by molar-refractivity contribution is -0.646. The van der Waals surface area contributed by atoms with E-state index in [0.29, 0.717) is 216 Å². The molecule has 0 bridgehead atoms. The number of fused-ring (bicyclic) bond motifs is 4. The summed E-state index contributed by atoms with van der Waals surface area (Å²) in [5.41, 5.74) is 9.76. The topological polar surface area (TPSA) is 284 Å². The molecule has 113 heavy (non-hydrogen) atoms. The average Bonchev–Trinajstić information content (AvgIpc) is 0.773. The third kappa shape index (κ3) is 40.5. The second-order valence-electron chi connectivity index (χ2n) is 29.1. The van der Waals surface area contributed by atoms with Crippen LogP contribution in [0.15, 0.2) is 84.9 Å². The van der Waals surface area contributed by atoms with Gasteiger partial charge in [0.05, 0.1) is 79.3 Å². The second kappa shape index (κ2) is 59.1. The lowest BCUT2D eigenvalue weighted by atomic mass is 10.0. The summed E-state index contributed by atoms with van der Waals surface area (Å²) in [6.07, 6.45) is 14.3. The lowest BCUT2D eigenvalue weighted by Crippen LogP contribution is -2.36. The van der Waals surface area contributed by atoms with E-state index >= 15 is 0 Å². The van der Waals surface area contributed by atoms with E-state index in [1.807, 2.05) is 14.1 Å². The number of aryl methyl sites for hydroxylation is 2. The van der Waals surface area contributed by atoms with E-state index in [1.54, 1.807) is 0 Å². The predicted molar refractivity (Wildman–Crippen MR) is 446 cm³/mol. The summed E-state index contributed by atoms with van der Waals surface area (Å²) in [6, 6.07) is 31.2. The molecule has 0 aliphatic heterocycles. The van der Waals surface area contributed by atoms with E-state index in [1.165, 1.54) is 66.1 Å². The highest BCUT2D eigenvalue weighted by atomic mass is 16.6. The first-order valence-electron chi connectivity index (χ1n) is 41.7. The first-order chi connectivity index (χ1) is 55.2. The average molecular weight is 1580 g/mol. The van der Waals surface area contributed by atoms with E-state index < -0.39 is 0 Å². The van der Waals surface area contributed by atoms with Gasteiger partial charge in [0.1, 0.15) is 18.9 Å². The maximum Gasteiger partial charge on any atom is 0.220 e. The van der Waals surface area contributed by atoms with Gasteiger partial charge in [-0.3, -0.25) is 28.8 Å². The van der Waals surface area contributed by atoms with Crippen molar-refractivity contribution in [2.24, 2.45) is 0 Å². The van der Waals surface area contributed by atoms with Crippen molar-refractivity contribution >= 4 is 90.3 Å². The Kier molecular flexibility index (Phi) is 49.3. The number of rotatable bonds is 69. The lowest BCUT2D eigenvalue weighted by Gasteiger charge is -2.15. The first kappa shape index (κ1) is 94.3. The number of ketones is 1. The van der Waals surface area contributed by atoms with Crippen molar-refractivity contribution < 1.29 is 80.5 Å². The Morgan fingerprint density at radius 2 is 0.549 bits per heavy atom. The smallest absolute Gasteiger partial charge is 0.220 e. The zero-order valence-corrected chi connectivity index (χ0v) is 69.1. The van der Waals surface area contributed by atoms with E-state index in [9.17, 15) is 28.8 Å². The molecule has 26 heteroatoms. The third-order valence-corrected chi connectivity index (χ3v) is 19.2. The number of hydrogen-bond acceptors (Lipinski definition) is 19. The Labute approximate surface area is 672 Å². The second-order valence-corrected chi connectivity index (χ2v) is 29.1. The van der Waals surface area contributed by atoms with Gasteiger partial charge in [-0.2, -0.15) is 9.13 Å². The number of anilines is 2. The van der Waals surface area contributed by atoms with E-state index in [4.69, 9.17) is 42.6 Å². The minimum absolute atomic E-state index is 0.0635. The molecule has 0 aliphatic carbocycles. The summed E-state index contributed by atoms with van der Waals surface area (Å²) < 4.78 is 55.5. The molecule has 0 atom stereocenters. The molecule has 628 valence electrons. The van der Waals surface area contributed by atoms with Gasteiger partial charge in [0, 0.05) is 229 Å². The number of unbranched alkanes of at least 4 members (excludes halogenated alkanes) is 5. The van der Waals surface area contributed by atoms with E-state index in [2.05, 4.69) is 169 Å². The summed E-state index contributed by atoms with van der Waals surface area (Å²) in [4.78, 5) is 78.5. The van der Waals surface area contributed by atoms with Gasteiger partial charge in [-0.05, 0) is 157 Å². The molecule has 5 amide bonds. The zero-order chi connectivity index (χ0) is 80.6. The van der Waals surface area contributed by atoms with Crippen molar-refractivity contribution in [3.8, 4) is 0 Å². The normalized spacial score (nSPS) is 11.5. The van der Waals surface area contributed by atoms with Crippen molar-refractivity contribution in [3.63, 3.8) is 0 Å². The molecule has 2 heterocycles. The maximum atomic E-state index is 12.6. The number of nitrogens with zero attached hydrogens (tertiary/aromatic N) is 4. The molecule has 26 nitrogen and oxygen atoms in total. The Hall–Kier alpha value is -7.60. The van der Waals surface area contributed by atoms with Crippen LogP contribution < -0.4 is 56.2 Å². The van der Waals surface area contributed by atoms with Gasteiger partial charge in [0.15, 0.2) is 0 Å². The van der Waals surface area contributed by atoms with Gasteiger partial charge >= 0.3 is 0 Å². The molecule has 0 aliphatic rings. The fourth-order valence-corrected chi connectivity index (χ4v) is 13.0. The summed E-state index contributed by atoms with van der Waals surface area (Å²) in [7, 11) is 12.2. The Bertz CT molecular complexity index is 3570. The van der Waals surface area contributed by atoms with E-state index in [0.717, 1.165) is 90.4 Å². The summed E-state index contributed by atoms with van der Waals surface area (Å²) >= 11 is 0. The van der Waals surface area contributed by atoms with Gasteiger partial charge in [-0.25, -0.2) is 0 Å². The van der Waals surface area contributed by atoms with Crippen LogP contribution in [0.3, 0.4) is 0 Å². The van der Waals surface area contributed by atoms with Crippen LogP contribution in [-0.4, -0.2) is 229 Å². The molecule has 0 saturated heterocycles. The molecule has 0 saturated carbocycles. The quantitative estimate of drug-likeness (QED) is 0.0106. The highest BCUT2D eigenvalue weighted by molar-refractivity contribution is 5.92. The molecule has 0 unspecified atom stereocenters. The minimum Gasteiger partial charge on any atom is -0.379 e. The number of hydrogen-bond donors (Lipinski definition) is 7. The molecule has 0 fully saturated rings. The van der Waals surface area contributed by atoms with Crippen molar-refractivity contribution in [3.05, 3.63) is 96.1 Å². The molecular weight excluding hydrogens is 1440 g/mol. The van der Waals surface area contributed by atoms with Crippen LogP contribution in [0.1, 0.15) is 152 Å². The zero-order valence-electron chi connectivity index (χ0n) is 69.1. The highest BCUT2D eigenvalue weighted by Crippen LogP contribution is 2.27. The number of carbonyl (C=O) groups excluding carboxylic acids is 6. The monoisotopic (exact) mass is 1580 g/mol. The van der Waals surface area contributed by atoms with Gasteiger partial charge < -0.3 is 89.6 Å². The van der Waals surface area contributed by atoms with Gasteiger partial charge in [-0.15, -0.1) is 0 Å². The molecule has 6 rings (SSSR count). The number of aromatic nitrogens is 2. The van der Waals surface area contributed by atoms with Gasteiger partial charge in [0.25, 0.3) is 0 Å². The number of amides is 5. The Morgan fingerprint density at radius 1 is 0.283 bits per heavy atom.